The maximum Gasteiger partial charge on any atom is 0.191 e. The molecule has 2 rings (SSSR count). The van der Waals surface area contributed by atoms with Gasteiger partial charge in [-0.05, 0) is 17.7 Å². The molecule has 0 radical (unpaired) electrons. The van der Waals surface area contributed by atoms with Crippen LogP contribution < -0.4 is 10.6 Å². The minimum absolute atomic E-state index is 0.204. The van der Waals surface area contributed by atoms with Gasteiger partial charge in [0.2, 0.25) is 0 Å². The van der Waals surface area contributed by atoms with E-state index in [-0.39, 0.29) is 11.2 Å². The Hall–Kier alpha value is -2.37. The van der Waals surface area contributed by atoms with Gasteiger partial charge in [-0.15, -0.1) is 0 Å². The fraction of sp³-hybridized carbons (Fsp3) is 0.412. The van der Waals surface area contributed by atoms with Crippen molar-refractivity contribution in [2.45, 2.75) is 25.8 Å². The predicted octanol–water partition coefficient (Wildman–Crippen LogP) is 2.16. The fourth-order valence-corrected chi connectivity index (χ4v) is 2.26. The van der Waals surface area contributed by atoms with Gasteiger partial charge < -0.3 is 15.2 Å². The second kappa shape index (κ2) is 7.76. The summed E-state index contributed by atoms with van der Waals surface area (Å²) in [6.07, 6.45) is 5.46. The van der Waals surface area contributed by atoms with E-state index in [1.807, 2.05) is 16.8 Å². The van der Waals surface area contributed by atoms with Crippen LogP contribution in [-0.4, -0.2) is 35.6 Å². The van der Waals surface area contributed by atoms with Crippen molar-refractivity contribution >= 4 is 5.96 Å². The molecule has 0 spiro atoms. The molecule has 0 unspecified atom stereocenters. The van der Waals surface area contributed by atoms with Gasteiger partial charge in [-0.2, -0.15) is 0 Å². The molecule has 0 saturated carbocycles. The Balaban J connectivity index is 1.84. The molecule has 2 N–H and O–H groups in total. The maximum atomic E-state index is 13.4. The summed E-state index contributed by atoms with van der Waals surface area (Å²) in [7, 11) is 1.74. The van der Waals surface area contributed by atoms with Crippen molar-refractivity contribution in [3.8, 4) is 0 Å². The molecule has 0 aliphatic rings. The van der Waals surface area contributed by atoms with Gasteiger partial charge in [0.15, 0.2) is 5.96 Å². The number of guanidine groups is 1. The van der Waals surface area contributed by atoms with E-state index in [0.717, 1.165) is 24.6 Å². The third-order valence-corrected chi connectivity index (χ3v) is 3.75. The number of halogens is 1. The maximum absolute atomic E-state index is 13.4. The zero-order chi connectivity index (χ0) is 16.7. The first-order valence-electron chi connectivity index (χ1n) is 7.67. The molecule has 5 nitrogen and oxygen atoms in total. The lowest BCUT2D eigenvalue weighted by molar-refractivity contribution is 0.502. The molecular weight excluding hydrogens is 293 g/mol. The standard InChI is InChI=1S/C17H24FN5/c1-17(2,14-5-4-6-15(18)11-14)12-22-16(19-3)21-8-10-23-9-7-20-13-23/h4-7,9,11,13H,8,10,12H2,1-3H3,(H2,19,21,22). The molecule has 0 aliphatic carbocycles. The molecule has 23 heavy (non-hydrogen) atoms. The number of hydrogen-bond acceptors (Lipinski definition) is 2. The minimum atomic E-state index is -0.210. The Labute approximate surface area is 136 Å². The zero-order valence-corrected chi connectivity index (χ0v) is 13.9. The smallest absolute Gasteiger partial charge is 0.191 e. The molecule has 124 valence electrons. The number of nitrogens with one attached hydrogen (secondary N) is 2. The number of nitrogens with zero attached hydrogens (tertiary/aromatic N) is 3. The van der Waals surface area contributed by atoms with Crippen molar-refractivity contribution in [3.63, 3.8) is 0 Å². The Kier molecular flexibility index (Phi) is 5.73. The van der Waals surface area contributed by atoms with Crippen molar-refractivity contribution in [1.82, 2.24) is 20.2 Å². The van der Waals surface area contributed by atoms with Gasteiger partial charge in [-0.1, -0.05) is 26.0 Å². The highest BCUT2D eigenvalue weighted by Gasteiger charge is 2.21. The van der Waals surface area contributed by atoms with E-state index in [1.165, 1.54) is 6.07 Å². The summed E-state index contributed by atoms with van der Waals surface area (Å²) in [5, 5.41) is 6.56. The van der Waals surface area contributed by atoms with Gasteiger partial charge in [-0.3, -0.25) is 4.99 Å². The first kappa shape index (κ1) is 17.0. The molecule has 0 amide bonds. The van der Waals surface area contributed by atoms with Crippen molar-refractivity contribution in [2.24, 2.45) is 4.99 Å². The van der Waals surface area contributed by atoms with Crippen LogP contribution in [0.15, 0.2) is 48.0 Å². The monoisotopic (exact) mass is 317 g/mol. The highest BCUT2D eigenvalue weighted by atomic mass is 19.1. The van der Waals surface area contributed by atoms with E-state index in [2.05, 4.69) is 34.5 Å². The highest BCUT2D eigenvalue weighted by Crippen LogP contribution is 2.22. The topological polar surface area (TPSA) is 54.2 Å². The van der Waals surface area contributed by atoms with Crippen molar-refractivity contribution in [2.75, 3.05) is 20.1 Å². The van der Waals surface area contributed by atoms with Crippen LogP contribution in [0.1, 0.15) is 19.4 Å². The minimum Gasteiger partial charge on any atom is -0.356 e. The van der Waals surface area contributed by atoms with Crippen LogP contribution >= 0.6 is 0 Å². The van der Waals surface area contributed by atoms with Crippen LogP contribution in [0.25, 0.3) is 0 Å². The van der Waals surface area contributed by atoms with E-state index in [1.54, 1.807) is 31.7 Å². The summed E-state index contributed by atoms with van der Waals surface area (Å²) in [6, 6.07) is 6.73. The van der Waals surface area contributed by atoms with Crippen LogP contribution in [-0.2, 0) is 12.0 Å². The van der Waals surface area contributed by atoms with Crippen LogP contribution in [0, 0.1) is 5.82 Å². The summed E-state index contributed by atoms with van der Waals surface area (Å²) in [5.74, 6) is 0.521. The Morgan fingerprint density at radius 2 is 2.17 bits per heavy atom. The van der Waals surface area contributed by atoms with Gasteiger partial charge in [0, 0.05) is 44.5 Å². The highest BCUT2D eigenvalue weighted by molar-refractivity contribution is 5.79. The first-order chi connectivity index (χ1) is 11.0. The van der Waals surface area contributed by atoms with Gasteiger partial charge in [0.25, 0.3) is 0 Å². The fourth-order valence-electron chi connectivity index (χ4n) is 2.26. The number of benzene rings is 1. The van der Waals surface area contributed by atoms with Gasteiger partial charge in [0.05, 0.1) is 6.33 Å². The molecule has 1 heterocycles. The van der Waals surface area contributed by atoms with Crippen molar-refractivity contribution in [1.29, 1.82) is 0 Å². The number of aliphatic imine (C=N–C) groups is 1. The zero-order valence-electron chi connectivity index (χ0n) is 13.9. The number of imidazole rings is 1. The SMILES string of the molecule is CN=C(NCCn1ccnc1)NCC(C)(C)c1cccc(F)c1. The number of aromatic nitrogens is 2. The lowest BCUT2D eigenvalue weighted by atomic mass is 9.84. The average molecular weight is 317 g/mol. The molecule has 0 saturated heterocycles. The lowest BCUT2D eigenvalue weighted by Gasteiger charge is -2.27. The van der Waals surface area contributed by atoms with E-state index in [4.69, 9.17) is 0 Å². The van der Waals surface area contributed by atoms with Crippen molar-refractivity contribution < 1.29 is 4.39 Å². The summed E-state index contributed by atoms with van der Waals surface area (Å²) >= 11 is 0. The molecule has 1 aromatic carbocycles. The number of hydrogen-bond donors (Lipinski definition) is 2. The lowest BCUT2D eigenvalue weighted by Crippen LogP contribution is -2.44. The van der Waals surface area contributed by atoms with E-state index in [0.29, 0.717) is 6.54 Å². The van der Waals surface area contributed by atoms with Crippen LogP contribution in [0.2, 0.25) is 0 Å². The normalized spacial score (nSPS) is 12.3. The van der Waals surface area contributed by atoms with Gasteiger partial charge in [0.1, 0.15) is 5.82 Å². The van der Waals surface area contributed by atoms with Crippen LogP contribution in [0.3, 0.4) is 0 Å². The van der Waals surface area contributed by atoms with E-state index in [9.17, 15) is 4.39 Å². The molecule has 0 bridgehead atoms. The van der Waals surface area contributed by atoms with Gasteiger partial charge in [-0.25, -0.2) is 9.37 Å². The van der Waals surface area contributed by atoms with Gasteiger partial charge >= 0.3 is 0 Å². The van der Waals surface area contributed by atoms with E-state index < -0.39 is 0 Å². The average Bonchev–Trinajstić information content (AvgIpc) is 3.04. The predicted molar refractivity (Wildman–Crippen MR) is 91.0 cm³/mol. The molecule has 6 heteroatoms. The molecule has 2 aromatic rings. The molecule has 0 atom stereocenters. The van der Waals surface area contributed by atoms with Crippen LogP contribution in [0.4, 0.5) is 4.39 Å². The largest absolute Gasteiger partial charge is 0.356 e. The third-order valence-electron chi connectivity index (χ3n) is 3.75. The van der Waals surface area contributed by atoms with Crippen molar-refractivity contribution in [3.05, 3.63) is 54.4 Å². The Morgan fingerprint density at radius 1 is 1.35 bits per heavy atom. The Morgan fingerprint density at radius 3 is 2.83 bits per heavy atom. The van der Waals surface area contributed by atoms with Crippen LogP contribution in [0.5, 0.6) is 0 Å². The molecule has 0 fully saturated rings. The second-order valence-electron chi connectivity index (χ2n) is 6.05. The van der Waals surface area contributed by atoms with E-state index >= 15 is 0 Å². The summed E-state index contributed by atoms with van der Waals surface area (Å²) < 4.78 is 15.4. The quantitative estimate of drug-likeness (QED) is 0.634. The Bertz CT molecular complexity index is 634. The summed E-state index contributed by atoms with van der Waals surface area (Å²) in [4.78, 5) is 8.22. The molecular formula is C17H24FN5. The summed E-state index contributed by atoms with van der Waals surface area (Å²) in [5.41, 5.74) is 0.753. The second-order valence-corrected chi connectivity index (χ2v) is 6.05. The first-order valence-corrected chi connectivity index (χ1v) is 7.67. The summed E-state index contributed by atoms with van der Waals surface area (Å²) in [6.45, 7) is 6.37. The third kappa shape index (κ3) is 5.09. The molecule has 0 aliphatic heterocycles. The number of rotatable bonds is 6. The molecule has 1 aromatic heterocycles.